The molecule has 0 aromatic carbocycles. The molecule has 1 N–H and O–H groups in total. The van der Waals surface area contributed by atoms with Gasteiger partial charge in [-0.15, -0.1) is 0 Å². The van der Waals surface area contributed by atoms with Crippen LogP contribution in [0.15, 0.2) is 18.2 Å². The summed E-state index contributed by atoms with van der Waals surface area (Å²) < 4.78 is 43.9. The van der Waals surface area contributed by atoms with Gasteiger partial charge in [0.05, 0.1) is 13.5 Å². The number of esters is 1. The van der Waals surface area contributed by atoms with Crippen LogP contribution in [0.3, 0.4) is 0 Å². The molecule has 0 amide bonds. The van der Waals surface area contributed by atoms with Gasteiger partial charge in [0, 0.05) is 13.6 Å². The highest BCUT2D eigenvalue weighted by molar-refractivity contribution is 7.90. The molecule has 0 atom stereocenters. The van der Waals surface area contributed by atoms with E-state index in [-0.39, 0.29) is 18.8 Å². The average Bonchev–Trinajstić information content (AvgIpc) is 2.34. The van der Waals surface area contributed by atoms with Crippen LogP contribution in [0.5, 0.6) is 0 Å². The fraction of sp³-hybridized carbons (Fsp3) is 0.400. The molecule has 106 valence electrons. The average molecular weight is 291 g/mol. The van der Waals surface area contributed by atoms with Gasteiger partial charge < -0.3 is 4.74 Å². The van der Waals surface area contributed by atoms with E-state index in [0.29, 0.717) is 0 Å². The molecule has 1 aromatic rings. The van der Waals surface area contributed by atoms with Crippen LogP contribution in [0.4, 0.5) is 10.2 Å². The minimum Gasteiger partial charge on any atom is -0.469 e. The Labute approximate surface area is 110 Å². The van der Waals surface area contributed by atoms with Crippen LogP contribution < -0.4 is 4.72 Å². The molecule has 1 rings (SSSR count). The molecule has 0 aliphatic heterocycles. The van der Waals surface area contributed by atoms with Crippen molar-refractivity contribution in [1.82, 2.24) is 9.29 Å². The van der Waals surface area contributed by atoms with Gasteiger partial charge in [0.1, 0.15) is 5.82 Å². The maximum Gasteiger partial charge on any atom is 0.306 e. The lowest BCUT2D eigenvalue weighted by atomic mass is 10.4. The Morgan fingerprint density at radius 1 is 1.53 bits per heavy atom. The predicted molar refractivity (Wildman–Crippen MR) is 66.0 cm³/mol. The topological polar surface area (TPSA) is 88.6 Å². The summed E-state index contributed by atoms with van der Waals surface area (Å²) >= 11 is 0. The Balaban J connectivity index is 2.67. The normalized spacial score (nSPS) is 11.4. The van der Waals surface area contributed by atoms with E-state index in [1.165, 1.54) is 26.3 Å². The van der Waals surface area contributed by atoms with Gasteiger partial charge in [-0.25, -0.2) is 4.98 Å². The van der Waals surface area contributed by atoms with Crippen molar-refractivity contribution in [2.45, 2.75) is 6.42 Å². The number of nitrogens with zero attached hydrogens (tertiary/aromatic N) is 2. The minimum atomic E-state index is -3.89. The van der Waals surface area contributed by atoms with Gasteiger partial charge in [-0.1, -0.05) is 6.07 Å². The van der Waals surface area contributed by atoms with Gasteiger partial charge >= 0.3 is 16.2 Å². The van der Waals surface area contributed by atoms with Crippen molar-refractivity contribution in [2.75, 3.05) is 25.4 Å². The third-order valence-corrected chi connectivity index (χ3v) is 3.69. The van der Waals surface area contributed by atoms with E-state index in [4.69, 9.17) is 0 Å². The highest BCUT2D eigenvalue weighted by atomic mass is 32.2. The van der Waals surface area contributed by atoms with Crippen molar-refractivity contribution < 1.29 is 22.3 Å². The van der Waals surface area contributed by atoms with Crippen LogP contribution >= 0.6 is 0 Å². The second kappa shape index (κ2) is 6.43. The minimum absolute atomic E-state index is 0.0582. The number of hydrogen-bond acceptors (Lipinski definition) is 5. The number of anilines is 1. The van der Waals surface area contributed by atoms with E-state index in [1.807, 2.05) is 0 Å². The van der Waals surface area contributed by atoms with Crippen LogP contribution in [0.25, 0.3) is 0 Å². The van der Waals surface area contributed by atoms with Gasteiger partial charge in [0.25, 0.3) is 0 Å². The lowest BCUT2D eigenvalue weighted by molar-refractivity contribution is -0.140. The molecule has 0 bridgehead atoms. The SMILES string of the molecule is COC(=O)CCN(C)S(=O)(=O)Nc1cccc(F)n1. The first kappa shape index (κ1) is 15.3. The maximum absolute atomic E-state index is 12.8. The maximum atomic E-state index is 12.8. The molecule has 0 aliphatic carbocycles. The summed E-state index contributed by atoms with van der Waals surface area (Å²) in [6.45, 7) is -0.0582. The van der Waals surface area contributed by atoms with Crippen LogP contribution in [0, 0.1) is 5.95 Å². The Kier molecular flexibility index (Phi) is 5.19. The molecule has 0 fully saturated rings. The lowest BCUT2D eigenvalue weighted by Crippen LogP contribution is -2.34. The van der Waals surface area contributed by atoms with Crippen LogP contribution in [-0.2, 0) is 19.7 Å². The molecule has 1 aromatic heterocycles. The zero-order valence-electron chi connectivity index (χ0n) is 10.5. The summed E-state index contributed by atoms with van der Waals surface area (Å²) in [4.78, 5) is 14.3. The quantitative estimate of drug-likeness (QED) is 0.604. The first-order valence-electron chi connectivity index (χ1n) is 5.28. The van der Waals surface area contributed by atoms with E-state index in [1.54, 1.807) is 0 Å². The van der Waals surface area contributed by atoms with Crippen LogP contribution in [0.1, 0.15) is 6.42 Å². The number of ether oxygens (including phenoxy) is 1. The molecule has 0 aliphatic rings. The van der Waals surface area contributed by atoms with Gasteiger partial charge in [-0.05, 0) is 12.1 Å². The van der Waals surface area contributed by atoms with Gasteiger partial charge in [0.2, 0.25) is 5.95 Å². The number of rotatable bonds is 6. The summed E-state index contributed by atoms with van der Waals surface area (Å²) in [7, 11) is -1.39. The molecule has 0 saturated carbocycles. The van der Waals surface area contributed by atoms with E-state index in [2.05, 4.69) is 14.4 Å². The Morgan fingerprint density at radius 3 is 2.79 bits per heavy atom. The summed E-state index contributed by atoms with van der Waals surface area (Å²) in [5, 5.41) is 0. The third kappa shape index (κ3) is 4.79. The number of carbonyl (C=O) groups is 1. The van der Waals surface area contributed by atoms with Crippen molar-refractivity contribution in [3.63, 3.8) is 0 Å². The standard InChI is InChI=1S/C10H14FN3O4S/c1-14(7-6-10(15)18-2)19(16,17)13-9-5-3-4-8(11)12-9/h3-5H,6-7H2,1-2H3,(H,12,13). The zero-order valence-corrected chi connectivity index (χ0v) is 11.3. The molecule has 19 heavy (non-hydrogen) atoms. The van der Waals surface area contributed by atoms with Gasteiger partial charge in [0.15, 0.2) is 0 Å². The second-order valence-electron chi connectivity index (χ2n) is 3.60. The van der Waals surface area contributed by atoms with Crippen molar-refractivity contribution in [2.24, 2.45) is 0 Å². The fourth-order valence-electron chi connectivity index (χ4n) is 1.15. The third-order valence-electron chi connectivity index (χ3n) is 2.22. The molecule has 0 unspecified atom stereocenters. The zero-order chi connectivity index (χ0) is 14.5. The summed E-state index contributed by atoms with van der Waals surface area (Å²) in [6, 6.07) is 3.74. The summed E-state index contributed by atoms with van der Waals surface area (Å²) in [6.07, 6.45) is -0.0789. The Hall–Kier alpha value is -1.74. The van der Waals surface area contributed by atoms with Crippen LogP contribution in [0.2, 0.25) is 0 Å². The molecular formula is C10H14FN3O4S. The number of nitrogens with one attached hydrogen (secondary N) is 1. The molecule has 9 heteroatoms. The van der Waals surface area contributed by atoms with E-state index >= 15 is 0 Å². The van der Waals surface area contributed by atoms with Crippen LogP contribution in [-0.4, -0.2) is 44.4 Å². The Bertz CT molecular complexity index is 549. The molecule has 0 saturated heterocycles. The number of halogens is 1. The second-order valence-corrected chi connectivity index (χ2v) is 5.38. The predicted octanol–water partition coefficient (Wildman–Crippen LogP) is 0.372. The first-order chi connectivity index (χ1) is 8.85. The number of aromatic nitrogens is 1. The van der Waals surface area contributed by atoms with E-state index in [0.717, 1.165) is 10.4 Å². The highest BCUT2D eigenvalue weighted by Crippen LogP contribution is 2.08. The van der Waals surface area contributed by atoms with Gasteiger partial charge in [-0.3, -0.25) is 9.52 Å². The van der Waals surface area contributed by atoms with E-state index < -0.39 is 22.1 Å². The van der Waals surface area contributed by atoms with Crippen molar-refractivity contribution in [1.29, 1.82) is 0 Å². The smallest absolute Gasteiger partial charge is 0.306 e. The monoisotopic (exact) mass is 291 g/mol. The number of hydrogen-bond donors (Lipinski definition) is 1. The molecule has 0 radical (unpaired) electrons. The highest BCUT2D eigenvalue weighted by Gasteiger charge is 2.19. The molecule has 0 spiro atoms. The first-order valence-corrected chi connectivity index (χ1v) is 6.72. The number of methoxy groups -OCH3 is 1. The number of pyridine rings is 1. The fourth-order valence-corrected chi connectivity index (χ4v) is 2.01. The lowest BCUT2D eigenvalue weighted by Gasteiger charge is -2.17. The number of carbonyl (C=O) groups excluding carboxylic acids is 1. The molecule has 1 heterocycles. The van der Waals surface area contributed by atoms with Crippen molar-refractivity contribution >= 4 is 22.0 Å². The van der Waals surface area contributed by atoms with Crippen molar-refractivity contribution in [3.8, 4) is 0 Å². The van der Waals surface area contributed by atoms with Gasteiger partial charge in [-0.2, -0.15) is 17.1 Å². The van der Waals surface area contributed by atoms with Crippen molar-refractivity contribution in [3.05, 3.63) is 24.1 Å². The van der Waals surface area contributed by atoms with E-state index in [9.17, 15) is 17.6 Å². The summed E-state index contributed by atoms with van der Waals surface area (Å²) in [5.41, 5.74) is 0. The summed E-state index contributed by atoms with van der Waals surface area (Å²) in [5.74, 6) is -1.45. The molecule has 7 nitrogen and oxygen atoms in total. The Morgan fingerprint density at radius 2 is 2.21 bits per heavy atom. The largest absolute Gasteiger partial charge is 0.469 e. The molecular weight excluding hydrogens is 277 g/mol.